The third kappa shape index (κ3) is 2.51. The number of H-pyrrole nitrogens is 1. The summed E-state index contributed by atoms with van der Waals surface area (Å²) in [5.74, 6) is -0.631. The zero-order chi connectivity index (χ0) is 15.1. The molecule has 2 aromatic heterocycles. The lowest BCUT2D eigenvalue weighted by atomic mass is 9.99. The molecule has 0 spiro atoms. The van der Waals surface area contributed by atoms with Crippen molar-refractivity contribution >= 4 is 39.5 Å². The van der Waals surface area contributed by atoms with Crippen LogP contribution in [0.5, 0.6) is 0 Å². The molecular weight excluding hydrogens is 383 g/mol. The van der Waals surface area contributed by atoms with Crippen molar-refractivity contribution in [2.24, 2.45) is 0 Å². The highest BCUT2D eigenvalue weighted by atomic mass is 127. The first-order valence-corrected chi connectivity index (χ1v) is 7.34. The maximum Gasteiger partial charge on any atom is 0.417 e. The van der Waals surface area contributed by atoms with E-state index in [4.69, 9.17) is 4.42 Å². The van der Waals surface area contributed by atoms with Crippen LogP contribution in [0.25, 0.3) is 11.1 Å². The van der Waals surface area contributed by atoms with Crippen molar-refractivity contribution in [1.29, 1.82) is 0 Å². The number of hydrogen-bond donors (Lipinski definition) is 1. The fraction of sp³-hybridized carbons (Fsp3) is 0.133. The molecule has 0 atom stereocenters. The summed E-state index contributed by atoms with van der Waals surface area (Å²) < 4.78 is 5.81. The van der Waals surface area contributed by atoms with Gasteiger partial charge in [-0.25, -0.2) is 4.79 Å². The molecule has 0 amide bonds. The molecule has 3 aromatic rings. The van der Waals surface area contributed by atoms with Gasteiger partial charge in [0, 0.05) is 17.3 Å². The van der Waals surface area contributed by atoms with Crippen LogP contribution in [-0.2, 0) is 0 Å². The van der Waals surface area contributed by atoms with E-state index in [0.29, 0.717) is 22.2 Å². The molecule has 0 radical (unpaired) electrons. The Morgan fingerprint density at radius 1 is 1.24 bits per heavy atom. The van der Waals surface area contributed by atoms with E-state index in [2.05, 4.69) is 32.6 Å². The Balaban J connectivity index is 2.17. The highest BCUT2D eigenvalue weighted by Gasteiger charge is 2.16. The largest absolute Gasteiger partial charge is 0.417 e. The van der Waals surface area contributed by atoms with Gasteiger partial charge in [-0.2, -0.15) is 0 Å². The highest BCUT2D eigenvalue weighted by molar-refractivity contribution is 14.1. The number of pyridine rings is 1. The molecule has 0 bridgehead atoms. The maximum absolute atomic E-state index is 12.7. The number of aromatic amines is 1. The van der Waals surface area contributed by atoms with Crippen LogP contribution in [0, 0.1) is 17.5 Å². The van der Waals surface area contributed by atoms with Gasteiger partial charge in [0.15, 0.2) is 11.4 Å². The predicted octanol–water partition coefficient (Wildman–Crippen LogP) is 2.97. The quantitative estimate of drug-likeness (QED) is 0.412. The number of nitrogens with one attached hydrogen (secondary N) is 1. The van der Waals surface area contributed by atoms with Gasteiger partial charge in [-0.05, 0) is 65.8 Å². The average Bonchev–Trinajstić information content (AvgIpc) is 2.82. The maximum atomic E-state index is 12.7. The molecule has 0 fully saturated rings. The Morgan fingerprint density at radius 2 is 2.00 bits per heavy atom. The molecular formula is C15H11IN2O3. The molecule has 106 valence electrons. The smallest absolute Gasteiger partial charge is 0.408 e. The lowest BCUT2D eigenvalue weighted by Gasteiger charge is -2.06. The summed E-state index contributed by atoms with van der Waals surface area (Å²) in [7, 11) is 0. The summed E-state index contributed by atoms with van der Waals surface area (Å²) in [6, 6.07) is 5.10. The van der Waals surface area contributed by atoms with Gasteiger partial charge in [-0.1, -0.05) is 0 Å². The number of oxazole rings is 1. The Hall–Kier alpha value is -1.96. The minimum atomic E-state index is -0.521. The number of nitrogens with zero attached hydrogens (tertiary/aromatic N) is 1. The van der Waals surface area contributed by atoms with Crippen LogP contribution >= 0.6 is 22.6 Å². The first-order chi connectivity index (χ1) is 9.95. The van der Waals surface area contributed by atoms with Gasteiger partial charge in [0.1, 0.15) is 3.70 Å². The van der Waals surface area contributed by atoms with Crippen LogP contribution in [0.1, 0.15) is 27.0 Å². The van der Waals surface area contributed by atoms with E-state index in [1.807, 2.05) is 13.8 Å². The van der Waals surface area contributed by atoms with Crippen LogP contribution in [0.4, 0.5) is 0 Å². The number of carbonyl (C=O) groups is 1. The topological polar surface area (TPSA) is 76.0 Å². The number of carbonyl (C=O) groups excluding carboxylic acids is 1. The van der Waals surface area contributed by atoms with Crippen LogP contribution < -0.4 is 5.76 Å². The van der Waals surface area contributed by atoms with Gasteiger partial charge in [0.25, 0.3) is 0 Å². The van der Waals surface area contributed by atoms with Crippen LogP contribution in [0.3, 0.4) is 0 Å². The molecule has 0 unspecified atom stereocenters. The van der Waals surface area contributed by atoms with Gasteiger partial charge in [0.05, 0.1) is 5.52 Å². The molecule has 6 heteroatoms. The molecule has 0 aliphatic heterocycles. The number of aromatic nitrogens is 2. The van der Waals surface area contributed by atoms with Gasteiger partial charge in [-0.3, -0.25) is 14.8 Å². The van der Waals surface area contributed by atoms with Crippen molar-refractivity contribution in [3.05, 3.63) is 60.9 Å². The Morgan fingerprint density at radius 3 is 2.76 bits per heavy atom. The standard InChI is InChI=1S/C15H11IN2O3/c1-7-3-9(4-11-13(7)18-15(20)21-11)14(19)10-5-12(16)17-6-8(10)2/h3-6H,1-2H3,(H,18,20). The lowest BCUT2D eigenvalue weighted by molar-refractivity contribution is 0.103. The van der Waals surface area contributed by atoms with Crippen molar-refractivity contribution in [3.8, 4) is 0 Å². The van der Waals surface area contributed by atoms with Gasteiger partial charge in [-0.15, -0.1) is 0 Å². The third-order valence-corrected chi connectivity index (χ3v) is 3.90. The first-order valence-electron chi connectivity index (χ1n) is 6.26. The van der Waals surface area contributed by atoms with E-state index in [0.717, 1.165) is 14.8 Å². The molecule has 1 aromatic carbocycles. The van der Waals surface area contributed by atoms with E-state index in [-0.39, 0.29) is 5.78 Å². The molecule has 0 saturated heterocycles. The van der Waals surface area contributed by atoms with Crippen LogP contribution in [0.15, 0.2) is 33.6 Å². The summed E-state index contributed by atoms with van der Waals surface area (Å²) in [5, 5.41) is 0. The summed E-state index contributed by atoms with van der Waals surface area (Å²) in [4.78, 5) is 30.7. The summed E-state index contributed by atoms with van der Waals surface area (Å²) in [5.41, 5.74) is 3.72. The van der Waals surface area contributed by atoms with Crippen molar-refractivity contribution in [2.75, 3.05) is 0 Å². The number of fused-ring (bicyclic) bond motifs is 1. The van der Waals surface area contributed by atoms with Crippen molar-refractivity contribution in [1.82, 2.24) is 9.97 Å². The zero-order valence-corrected chi connectivity index (χ0v) is 13.5. The second-order valence-corrected chi connectivity index (χ2v) is 5.94. The van der Waals surface area contributed by atoms with Crippen molar-refractivity contribution in [3.63, 3.8) is 0 Å². The number of benzene rings is 1. The minimum absolute atomic E-state index is 0.110. The lowest BCUT2D eigenvalue weighted by Crippen LogP contribution is -2.05. The third-order valence-electron chi connectivity index (χ3n) is 3.31. The van der Waals surface area contributed by atoms with Crippen LogP contribution in [-0.4, -0.2) is 15.8 Å². The zero-order valence-electron chi connectivity index (χ0n) is 11.4. The summed E-state index contributed by atoms with van der Waals surface area (Å²) >= 11 is 2.07. The normalized spacial score (nSPS) is 11.0. The molecule has 0 aliphatic rings. The average molecular weight is 394 g/mol. The second-order valence-electron chi connectivity index (χ2n) is 4.83. The predicted molar refractivity (Wildman–Crippen MR) is 86.7 cm³/mol. The SMILES string of the molecule is Cc1cnc(I)cc1C(=O)c1cc(C)c2[nH]c(=O)oc2c1. The number of halogens is 1. The monoisotopic (exact) mass is 394 g/mol. The number of rotatable bonds is 2. The van der Waals surface area contributed by atoms with E-state index >= 15 is 0 Å². The van der Waals surface area contributed by atoms with Crippen molar-refractivity contribution in [2.45, 2.75) is 13.8 Å². The van der Waals surface area contributed by atoms with E-state index < -0.39 is 5.76 Å². The fourth-order valence-electron chi connectivity index (χ4n) is 2.25. The van der Waals surface area contributed by atoms with Gasteiger partial charge in [0.2, 0.25) is 0 Å². The molecule has 0 saturated carbocycles. The fourth-order valence-corrected chi connectivity index (χ4v) is 2.70. The van der Waals surface area contributed by atoms with Gasteiger partial charge < -0.3 is 4.42 Å². The second kappa shape index (κ2) is 5.10. The highest BCUT2D eigenvalue weighted by Crippen LogP contribution is 2.21. The summed E-state index contributed by atoms with van der Waals surface area (Å²) in [6.45, 7) is 3.67. The minimum Gasteiger partial charge on any atom is -0.408 e. The molecule has 5 nitrogen and oxygen atoms in total. The van der Waals surface area contributed by atoms with E-state index in [1.165, 1.54) is 0 Å². The number of aryl methyl sites for hydroxylation is 2. The number of hydrogen-bond acceptors (Lipinski definition) is 4. The van der Waals surface area contributed by atoms with Crippen LogP contribution in [0.2, 0.25) is 0 Å². The van der Waals surface area contributed by atoms with E-state index in [9.17, 15) is 9.59 Å². The molecule has 21 heavy (non-hydrogen) atoms. The Labute approximate surface area is 133 Å². The summed E-state index contributed by atoms with van der Waals surface area (Å²) in [6.07, 6.45) is 1.68. The van der Waals surface area contributed by atoms with E-state index in [1.54, 1.807) is 24.4 Å². The van der Waals surface area contributed by atoms with Crippen molar-refractivity contribution < 1.29 is 9.21 Å². The molecule has 1 N–H and O–H groups in total. The first kappa shape index (κ1) is 14.0. The molecule has 0 aliphatic carbocycles. The Kier molecular flexibility index (Phi) is 3.40. The molecule has 2 heterocycles. The molecule has 3 rings (SSSR count). The van der Waals surface area contributed by atoms with Gasteiger partial charge >= 0.3 is 5.76 Å². The number of ketones is 1. The Bertz CT molecular complexity index is 924.